The van der Waals surface area contributed by atoms with Gasteiger partial charge in [0.2, 0.25) is 5.16 Å². The number of aromatic nitrogens is 3. The number of nitrogens with zero attached hydrogens (tertiary/aromatic N) is 4. The number of hydrogen-bond acceptors (Lipinski definition) is 5. The molecule has 4 rings (SSSR count). The van der Waals surface area contributed by atoms with Crippen molar-refractivity contribution in [2.75, 3.05) is 0 Å². The first-order valence-corrected chi connectivity index (χ1v) is 11.1. The number of hydrogen-bond donors (Lipinski definition) is 0. The second-order valence-electron chi connectivity index (χ2n) is 6.46. The number of thioether (sulfide) groups is 1. The minimum absolute atomic E-state index is 0.513. The summed E-state index contributed by atoms with van der Waals surface area (Å²) in [5.41, 5.74) is 3.29. The molecule has 0 aliphatic carbocycles. The number of benzene rings is 3. The van der Waals surface area contributed by atoms with Gasteiger partial charge in [-0.05, 0) is 41.0 Å². The molecule has 3 aromatic carbocycles. The van der Waals surface area contributed by atoms with E-state index in [1.807, 2.05) is 66.7 Å². The number of rotatable bonds is 8. The van der Waals surface area contributed by atoms with Crippen LogP contribution in [0.25, 0.3) is 0 Å². The van der Waals surface area contributed by atoms with Gasteiger partial charge in [0.25, 0.3) is 0 Å². The van der Waals surface area contributed by atoms with Crippen molar-refractivity contribution in [3.8, 4) is 5.75 Å². The van der Waals surface area contributed by atoms with Crippen LogP contribution >= 0.6 is 27.7 Å². The van der Waals surface area contributed by atoms with E-state index in [1.165, 1.54) is 5.56 Å². The van der Waals surface area contributed by atoms with Crippen molar-refractivity contribution in [2.45, 2.75) is 17.5 Å². The van der Waals surface area contributed by atoms with Crippen LogP contribution in [0.5, 0.6) is 5.75 Å². The first-order valence-electron chi connectivity index (χ1n) is 9.35. The van der Waals surface area contributed by atoms with Crippen LogP contribution in [0.3, 0.4) is 0 Å². The number of ether oxygens (including phenoxy) is 1. The number of halogens is 1. The lowest BCUT2D eigenvalue weighted by Crippen LogP contribution is -1.96. The summed E-state index contributed by atoms with van der Waals surface area (Å²) in [7, 11) is 0. The van der Waals surface area contributed by atoms with Gasteiger partial charge in [-0.15, -0.1) is 10.2 Å². The summed E-state index contributed by atoms with van der Waals surface area (Å²) in [6.45, 7) is 0.513. The lowest BCUT2D eigenvalue weighted by molar-refractivity contribution is 0.306. The molecule has 0 bridgehead atoms. The molecule has 0 N–H and O–H groups in total. The molecule has 30 heavy (non-hydrogen) atoms. The molecule has 1 aromatic heterocycles. The van der Waals surface area contributed by atoms with E-state index in [2.05, 4.69) is 43.4 Å². The average molecular weight is 479 g/mol. The highest BCUT2D eigenvalue weighted by Crippen LogP contribution is 2.20. The predicted molar refractivity (Wildman–Crippen MR) is 124 cm³/mol. The third-order valence-electron chi connectivity index (χ3n) is 4.22. The molecule has 0 unspecified atom stereocenters. The maximum absolute atomic E-state index is 5.91. The molecule has 4 aromatic rings. The summed E-state index contributed by atoms with van der Waals surface area (Å²) in [5, 5.41) is 13.4. The van der Waals surface area contributed by atoms with Gasteiger partial charge < -0.3 is 4.74 Å². The van der Waals surface area contributed by atoms with Gasteiger partial charge in [-0.25, -0.2) is 0 Å². The average Bonchev–Trinajstić information content (AvgIpc) is 3.24. The second kappa shape index (κ2) is 10.2. The van der Waals surface area contributed by atoms with Crippen molar-refractivity contribution < 1.29 is 4.74 Å². The van der Waals surface area contributed by atoms with E-state index in [1.54, 1.807) is 29.0 Å². The molecule has 5 nitrogen and oxygen atoms in total. The first kappa shape index (κ1) is 20.4. The highest BCUT2D eigenvalue weighted by Gasteiger charge is 2.04. The van der Waals surface area contributed by atoms with Gasteiger partial charge in [-0.1, -0.05) is 82.3 Å². The molecular weight excluding hydrogens is 460 g/mol. The van der Waals surface area contributed by atoms with Gasteiger partial charge in [0.05, 0.1) is 6.21 Å². The summed E-state index contributed by atoms with van der Waals surface area (Å²) >= 11 is 5.04. The molecule has 0 atom stereocenters. The van der Waals surface area contributed by atoms with Crippen molar-refractivity contribution in [3.05, 3.63) is 106 Å². The normalized spacial score (nSPS) is 11.1. The Bertz CT molecular complexity index is 1110. The van der Waals surface area contributed by atoms with E-state index >= 15 is 0 Å². The molecule has 0 amide bonds. The van der Waals surface area contributed by atoms with Crippen LogP contribution in [0.1, 0.15) is 16.7 Å². The van der Waals surface area contributed by atoms with Crippen molar-refractivity contribution in [3.63, 3.8) is 0 Å². The predicted octanol–water partition coefficient (Wildman–Crippen LogP) is 5.79. The van der Waals surface area contributed by atoms with E-state index in [-0.39, 0.29) is 0 Å². The van der Waals surface area contributed by atoms with E-state index < -0.39 is 0 Å². The lowest BCUT2D eigenvalue weighted by Gasteiger charge is -2.07. The summed E-state index contributed by atoms with van der Waals surface area (Å²) in [6.07, 6.45) is 3.39. The summed E-state index contributed by atoms with van der Waals surface area (Å²) in [4.78, 5) is 0. The van der Waals surface area contributed by atoms with E-state index in [9.17, 15) is 0 Å². The Balaban J connectivity index is 1.38. The Hall–Kier alpha value is -2.90. The van der Waals surface area contributed by atoms with Crippen LogP contribution in [0.4, 0.5) is 0 Å². The third-order valence-corrected chi connectivity index (χ3v) is 5.75. The Morgan fingerprint density at radius 1 is 0.967 bits per heavy atom. The van der Waals surface area contributed by atoms with Crippen molar-refractivity contribution in [1.29, 1.82) is 0 Å². The standard InChI is InChI=1S/C23H19BrN4OS/c24-21-11-9-18(10-12-21)15-29-22-8-4-7-20(13-22)14-26-28-17-25-27-23(28)30-16-19-5-2-1-3-6-19/h1-14,17H,15-16H2/b26-14+. The fraction of sp³-hybridized carbons (Fsp3) is 0.0870. The minimum atomic E-state index is 0.513. The Morgan fingerprint density at radius 3 is 2.63 bits per heavy atom. The zero-order chi connectivity index (χ0) is 20.6. The van der Waals surface area contributed by atoms with E-state index in [0.29, 0.717) is 6.61 Å². The summed E-state index contributed by atoms with van der Waals surface area (Å²) in [5.74, 6) is 1.61. The molecule has 150 valence electrons. The highest BCUT2D eigenvalue weighted by molar-refractivity contribution is 9.10. The topological polar surface area (TPSA) is 52.3 Å². The fourth-order valence-corrected chi connectivity index (χ4v) is 3.76. The molecule has 7 heteroatoms. The largest absolute Gasteiger partial charge is 0.489 e. The zero-order valence-corrected chi connectivity index (χ0v) is 18.5. The van der Waals surface area contributed by atoms with Gasteiger partial charge in [-0.3, -0.25) is 0 Å². The molecule has 0 saturated heterocycles. The van der Waals surface area contributed by atoms with Gasteiger partial charge >= 0.3 is 0 Å². The fourth-order valence-electron chi connectivity index (χ4n) is 2.68. The second-order valence-corrected chi connectivity index (χ2v) is 8.32. The van der Waals surface area contributed by atoms with Crippen LogP contribution in [-0.4, -0.2) is 21.1 Å². The van der Waals surface area contributed by atoms with Crippen LogP contribution in [-0.2, 0) is 12.4 Å². The van der Waals surface area contributed by atoms with Crippen LogP contribution < -0.4 is 4.74 Å². The molecule has 0 radical (unpaired) electrons. The van der Waals surface area contributed by atoms with Crippen LogP contribution in [0.15, 0.2) is 99.9 Å². The first-order chi connectivity index (χ1) is 14.8. The third kappa shape index (κ3) is 5.81. The van der Waals surface area contributed by atoms with E-state index in [4.69, 9.17) is 4.74 Å². The monoisotopic (exact) mass is 478 g/mol. The maximum atomic E-state index is 5.91. The Morgan fingerprint density at radius 2 is 1.80 bits per heavy atom. The molecule has 0 spiro atoms. The zero-order valence-electron chi connectivity index (χ0n) is 16.1. The molecule has 0 saturated carbocycles. The van der Waals surface area contributed by atoms with Gasteiger partial charge in [0, 0.05) is 10.2 Å². The molecule has 1 heterocycles. The smallest absolute Gasteiger partial charge is 0.212 e. The van der Waals surface area contributed by atoms with Crippen molar-refractivity contribution >= 4 is 33.9 Å². The van der Waals surface area contributed by atoms with Crippen molar-refractivity contribution in [2.24, 2.45) is 5.10 Å². The maximum Gasteiger partial charge on any atom is 0.212 e. The lowest BCUT2D eigenvalue weighted by atomic mass is 10.2. The van der Waals surface area contributed by atoms with Crippen LogP contribution in [0.2, 0.25) is 0 Å². The van der Waals surface area contributed by atoms with Gasteiger partial charge in [-0.2, -0.15) is 9.78 Å². The minimum Gasteiger partial charge on any atom is -0.489 e. The SMILES string of the molecule is Brc1ccc(COc2cccc(/C=N/n3cnnc3SCc3ccccc3)c2)cc1. The Kier molecular flexibility index (Phi) is 6.95. The van der Waals surface area contributed by atoms with Gasteiger partial charge in [0.1, 0.15) is 18.7 Å². The molecule has 0 aliphatic heterocycles. The van der Waals surface area contributed by atoms with Crippen LogP contribution in [0, 0.1) is 0 Å². The quantitative estimate of drug-likeness (QED) is 0.237. The molecule has 0 aliphatic rings. The molecular formula is C23H19BrN4OS. The highest BCUT2D eigenvalue weighted by atomic mass is 79.9. The van der Waals surface area contributed by atoms with E-state index in [0.717, 1.165) is 32.3 Å². The Labute approximate surface area is 187 Å². The molecule has 0 fully saturated rings. The van der Waals surface area contributed by atoms with Crippen molar-refractivity contribution in [1.82, 2.24) is 14.9 Å². The summed E-state index contributed by atoms with van der Waals surface area (Å²) < 4.78 is 8.65. The summed E-state index contributed by atoms with van der Waals surface area (Å²) in [6, 6.07) is 26.2. The van der Waals surface area contributed by atoms with Gasteiger partial charge in [0.15, 0.2) is 0 Å².